The van der Waals surface area contributed by atoms with E-state index < -0.39 is 50.9 Å². The van der Waals surface area contributed by atoms with Crippen LogP contribution >= 0.6 is 0 Å². The molecule has 1 N–H and O–H groups in total. The molecule has 4 rings (SSSR count). The molecule has 2 aliphatic carbocycles. The highest BCUT2D eigenvalue weighted by Gasteiger charge is 2.74. The maximum absolute atomic E-state index is 13.1. The summed E-state index contributed by atoms with van der Waals surface area (Å²) in [5.41, 5.74) is -1.93. The van der Waals surface area contributed by atoms with Crippen LogP contribution in [0.2, 0.25) is 0 Å². The Morgan fingerprint density at radius 1 is 1.23 bits per heavy atom. The zero-order valence-corrected chi connectivity index (χ0v) is 18.2. The van der Waals surface area contributed by atoms with E-state index in [1.165, 1.54) is 12.1 Å². The number of hydrogen-bond donors (Lipinski definition) is 1. The Hall–Kier alpha value is -2.46. The molecule has 168 valence electrons. The predicted octanol–water partition coefficient (Wildman–Crippen LogP) is 2.14. The molecule has 2 bridgehead atoms. The summed E-state index contributed by atoms with van der Waals surface area (Å²) < 4.78 is 48.2. The zero-order chi connectivity index (χ0) is 22.8. The van der Waals surface area contributed by atoms with Crippen LogP contribution in [0.4, 0.5) is 0 Å². The Balaban J connectivity index is 1.61. The van der Waals surface area contributed by atoms with Crippen LogP contribution in [-0.2, 0) is 34.0 Å². The highest BCUT2D eigenvalue weighted by molar-refractivity contribution is 7.85. The van der Waals surface area contributed by atoms with Crippen LogP contribution in [0, 0.1) is 23.2 Å². The van der Waals surface area contributed by atoms with Crippen LogP contribution in [0.5, 0.6) is 5.75 Å². The van der Waals surface area contributed by atoms with Crippen molar-refractivity contribution in [1.82, 2.24) is 0 Å². The van der Waals surface area contributed by atoms with Crippen LogP contribution < -0.4 is 4.74 Å². The summed E-state index contributed by atoms with van der Waals surface area (Å²) in [6, 6.07) is 4.64. The van der Waals surface area contributed by atoms with Crippen LogP contribution in [0.3, 0.4) is 0 Å². The third kappa shape index (κ3) is 3.51. The van der Waals surface area contributed by atoms with Gasteiger partial charge in [-0.2, -0.15) is 8.42 Å². The third-order valence-electron chi connectivity index (χ3n) is 6.86. The average molecular weight is 452 g/mol. The first-order valence-corrected chi connectivity index (χ1v) is 11.6. The lowest BCUT2D eigenvalue weighted by Crippen LogP contribution is -2.49. The second kappa shape index (κ2) is 7.03. The van der Waals surface area contributed by atoms with Crippen LogP contribution in [0.25, 0.3) is 0 Å². The summed E-state index contributed by atoms with van der Waals surface area (Å²) in [6.45, 7) is 5.38. The topological polar surface area (TPSA) is 133 Å². The molecule has 3 fully saturated rings. The second-order valence-electron chi connectivity index (χ2n) is 9.11. The largest absolute Gasteiger partial charge is 0.462 e. The van der Waals surface area contributed by atoms with Gasteiger partial charge >= 0.3 is 17.9 Å². The van der Waals surface area contributed by atoms with Gasteiger partial charge < -0.3 is 14.2 Å². The van der Waals surface area contributed by atoms with Crippen molar-refractivity contribution in [3.63, 3.8) is 0 Å². The van der Waals surface area contributed by atoms with E-state index in [1.54, 1.807) is 13.8 Å². The van der Waals surface area contributed by atoms with E-state index in [2.05, 4.69) is 0 Å². The van der Waals surface area contributed by atoms with E-state index >= 15 is 0 Å². The summed E-state index contributed by atoms with van der Waals surface area (Å²) in [5, 5.41) is 0. The van der Waals surface area contributed by atoms with Gasteiger partial charge in [0.15, 0.2) is 0 Å². The van der Waals surface area contributed by atoms with E-state index in [1.807, 2.05) is 6.92 Å². The minimum Gasteiger partial charge on any atom is -0.462 e. The van der Waals surface area contributed by atoms with Gasteiger partial charge in [-0.25, -0.2) is 0 Å². The van der Waals surface area contributed by atoms with Crippen molar-refractivity contribution in [2.45, 2.75) is 56.6 Å². The highest BCUT2D eigenvalue weighted by atomic mass is 32.2. The summed E-state index contributed by atoms with van der Waals surface area (Å²) in [4.78, 5) is 38.0. The summed E-state index contributed by atoms with van der Waals surface area (Å²) in [5.74, 6) is -3.62. The molecule has 5 unspecified atom stereocenters. The first kappa shape index (κ1) is 21.8. The minimum absolute atomic E-state index is 0.0402. The maximum atomic E-state index is 13.1. The monoisotopic (exact) mass is 452 g/mol. The molecule has 9 nitrogen and oxygen atoms in total. The number of hydrogen-bond acceptors (Lipinski definition) is 8. The van der Waals surface area contributed by atoms with Gasteiger partial charge in [-0.3, -0.25) is 18.9 Å². The van der Waals surface area contributed by atoms with E-state index in [0.717, 1.165) is 12.1 Å². The molecule has 3 aliphatic rings. The van der Waals surface area contributed by atoms with Gasteiger partial charge in [0.2, 0.25) is 0 Å². The Morgan fingerprint density at radius 3 is 2.45 bits per heavy atom. The fourth-order valence-corrected chi connectivity index (χ4v) is 5.27. The van der Waals surface area contributed by atoms with Gasteiger partial charge in [-0.1, -0.05) is 6.92 Å². The van der Waals surface area contributed by atoms with Gasteiger partial charge in [0.1, 0.15) is 23.4 Å². The molecule has 2 saturated carbocycles. The summed E-state index contributed by atoms with van der Waals surface area (Å²) in [7, 11) is -4.38. The van der Waals surface area contributed by atoms with Crippen molar-refractivity contribution in [3.8, 4) is 5.75 Å². The van der Waals surface area contributed by atoms with Crippen LogP contribution in [-0.4, -0.2) is 42.6 Å². The molecule has 1 aromatic carbocycles. The fraction of sp³-hybridized carbons (Fsp3) is 0.571. The van der Waals surface area contributed by atoms with Crippen molar-refractivity contribution in [2.24, 2.45) is 23.2 Å². The number of carbonyl (C=O) groups excluding carboxylic acids is 3. The first-order chi connectivity index (χ1) is 14.4. The molecule has 0 aromatic heterocycles. The zero-order valence-electron chi connectivity index (χ0n) is 17.4. The lowest BCUT2D eigenvalue weighted by molar-refractivity contribution is -0.181. The first-order valence-electron chi connectivity index (χ1n) is 10.1. The smallest absolute Gasteiger partial charge is 0.319 e. The van der Waals surface area contributed by atoms with E-state index in [9.17, 15) is 22.8 Å². The summed E-state index contributed by atoms with van der Waals surface area (Å²) in [6.07, 6.45) is 0.754. The Bertz CT molecular complexity index is 1040. The lowest BCUT2D eigenvalue weighted by atomic mass is 9.77. The second-order valence-corrected chi connectivity index (χ2v) is 10.5. The van der Waals surface area contributed by atoms with E-state index in [0.29, 0.717) is 12.8 Å². The maximum Gasteiger partial charge on any atom is 0.319 e. The van der Waals surface area contributed by atoms with E-state index in [4.69, 9.17) is 18.8 Å². The van der Waals surface area contributed by atoms with Crippen molar-refractivity contribution in [2.75, 3.05) is 0 Å². The molecule has 1 aliphatic heterocycles. The van der Waals surface area contributed by atoms with Crippen molar-refractivity contribution >= 4 is 28.0 Å². The fourth-order valence-electron chi connectivity index (χ4n) is 4.79. The number of rotatable bonds is 6. The Morgan fingerprint density at radius 2 is 1.87 bits per heavy atom. The third-order valence-corrected chi connectivity index (χ3v) is 7.73. The average Bonchev–Trinajstić information content (AvgIpc) is 3.25. The normalized spacial score (nSPS) is 31.4. The number of esters is 3. The van der Waals surface area contributed by atoms with Crippen LogP contribution in [0.15, 0.2) is 29.2 Å². The van der Waals surface area contributed by atoms with Crippen molar-refractivity contribution < 1.29 is 41.6 Å². The molecular weight excluding hydrogens is 428 g/mol. The number of benzene rings is 1. The SMILES string of the molecule is CCC(C)(C)C(=O)OC12CC3OC(=O)C(C3C1)C2C(=O)Oc1ccc(S(=O)(=O)O)cc1. The highest BCUT2D eigenvalue weighted by Crippen LogP contribution is 2.62. The van der Waals surface area contributed by atoms with E-state index in [-0.39, 0.29) is 29.1 Å². The Labute approximate surface area is 179 Å². The molecule has 10 heteroatoms. The lowest BCUT2D eigenvalue weighted by Gasteiger charge is -2.36. The molecule has 31 heavy (non-hydrogen) atoms. The van der Waals surface area contributed by atoms with Crippen molar-refractivity contribution in [3.05, 3.63) is 24.3 Å². The molecule has 1 aromatic rings. The summed E-state index contributed by atoms with van der Waals surface area (Å²) >= 11 is 0. The standard InChI is InChI=1S/C21H24O9S/c1-4-20(2,3)19(24)30-21-9-13-14(10-21)29-17(22)15(13)16(21)18(23)28-11-5-7-12(8-6-11)31(25,26)27/h5-8,13-16H,4,9-10H2,1-3H3,(H,25,26,27). The predicted molar refractivity (Wildman–Crippen MR) is 104 cm³/mol. The van der Waals surface area contributed by atoms with Crippen LogP contribution in [0.1, 0.15) is 40.0 Å². The number of carbonyl (C=O) groups is 3. The molecule has 0 radical (unpaired) electrons. The van der Waals surface area contributed by atoms with Gasteiger partial charge in [-0.05, 0) is 51.0 Å². The number of fused-ring (bicyclic) bond motifs is 1. The van der Waals surface area contributed by atoms with Gasteiger partial charge in [0.25, 0.3) is 10.1 Å². The van der Waals surface area contributed by atoms with Gasteiger partial charge in [-0.15, -0.1) is 0 Å². The quantitative estimate of drug-likeness (QED) is 0.391. The molecule has 1 saturated heterocycles. The molecule has 1 heterocycles. The van der Waals surface area contributed by atoms with Gasteiger partial charge in [0.05, 0.1) is 16.2 Å². The molecular formula is C21H24O9S. The molecule has 5 atom stereocenters. The number of ether oxygens (including phenoxy) is 3. The van der Waals surface area contributed by atoms with Crippen molar-refractivity contribution in [1.29, 1.82) is 0 Å². The van der Waals surface area contributed by atoms with Gasteiger partial charge in [0, 0.05) is 12.3 Å². The molecule has 0 amide bonds. The molecule has 0 spiro atoms. The minimum atomic E-state index is -4.38. The Kier molecular flexibility index (Phi) is 4.93.